The second kappa shape index (κ2) is 9.92. The third-order valence-electron chi connectivity index (χ3n) is 5.48. The second-order valence-electron chi connectivity index (χ2n) is 7.82. The lowest BCUT2D eigenvalue weighted by molar-refractivity contribution is 0.323. The molecule has 0 N–H and O–H groups in total. The zero-order valence-corrected chi connectivity index (χ0v) is 18.2. The molecular formula is C28H24N4O. The van der Waals surface area contributed by atoms with Gasteiger partial charge in [-0.3, -0.25) is 4.98 Å². The van der Waals surface area contributed by atoms with Crippen LogP contribution in [0.4, 0.5) is 0 Å². The summed E-state index contributed by atoms with van der Waals surface area (Å²) in [6, 6.07) is 31.0. The molecule has 0 radical (unpaired) electrons. The Morgan fingerprint density at radius 1 is 0.727 bits per heavy atom. The molecule has 0 unspecified atom stereocenters. The average molecular weight is 433 g/mol. The maximum atomic E-state index is 6.14. The monoisotopic (exact) mass is 432 g/mol. The topological polar surface area (TPSA) is 52.8 Å². The molecule has 0 spiro atoms. The van der Waals surface area contributed by atoms with Crippen molar-refractivity contribution >= 4 is 0 Å². The van der Waals surface area contributed by atoms with E-state index in [9.17, 15) is 0 Å². The van der Waals surface area contributed by atoms with Crippen molar-refractivity contribution in [2.24, 2.45) is 0 Å². The Bertz CT molecular complexity index is 1300. The maximum absolute atomic E-state index is 6.14. The lowest BCUT2D eigenvalue weighted by atomic mass is 10.0. The van der Waals surface area contributed by atoms with Crippen LogP contribution in [0.2, 0.25) is 0 Å². The standard InChI is InChI=1S/C28H24N4O/c1-2-7-24(8-3-1)26-10-4-5-11-28(26)33-18-16-22-12-14-23(15-13-22)20-32-21-27(30-31-32)25-9-6-17-29-19-25/h1-15,17,19,21H,16,18,20H2. The SMILES string of the molecule is c1ccc(-c2ccccc2OCCc2ccc(Cn3cc(-c4cccnc4)nn3)cc2)cc1. The molecule has 0 aliphatic heterocycles. The molecular weight excluding hydrogens is 408 g/mol. The molecule has 0 bridgehead atoms. The molecule has 2 heterocycles. The normalized spacial score (nSPS) is 10.8. The summed E-state index contributed by atoms with van der Waals surface area (Å²) in [6.07, 6.45) is 6.34. The Balaban J connectivity index is 1.18. The van der Waals surface area contributed by atoms with Gasteiger partial charge >= 0.3 is 0 Å². The van der Waals surface area contributed by atoms with Gasteiger partial charge in [0.2, 0.25) is 0 Å². The molecule has 162 valence electrons. The summed E-state index contributed by atoms with van der Waals surface area (Å²) in [5.41, 5.74) is 6.49. The minimum absolute atomic E-state index is 0.626. The van der Waals surface area contributed by atoms with Gasteiger partial charge in [-0.25, -0.2) is 4.68 Å². The van der Waals surface area contributed by atoms with E-state index in [1.165, 1.54) is 11.1 Å². The first-order valence-corrected chi connectivity index (χ1v) is 11.0. The minimum atomic E-state index is 0.626. The predicted octanol–water partition coefficient (Wildman–Crippen LogP) is 5.68. The summed E-state index contributed by atoms with van der Waals surface area (Å²) in [6.45, 7) is 1.30. The van der Waals surface area contributed by atoms with Crippen LogP contribution < -0.4 is 4.74 Å². The van der Waals surface area contributed by atoms with E-state index in [0.717, 1.165) is 34.6 Å². The Labute approximate surface area is 193 Å². The van der Waals surface area contributed by atoms with Gasteiger partial charge in [-0.05, 0) is 34.9 Å². The van der Waals surface area contributed by atoms with E-state index in [1.54, 1.807) is 12.4 Å². The maximum Gasteiger partial charge on any atom is 0.127 e. The van der Waals surface area contributed by atoms with E-state index in [4.69, 9.17) is 4.74 Å². The van der Waals surface area contributed by atoms with Crippen molar-refractivity contribution in [1.29, 1.82) is 0 Å². The Morgan fingerprint density at radius 3 is 2.30 bits per heavy atom. The van der Waals surface area contributed by atoms with Gasteiger partial charge in [0.1, 0.15) is 11.4 Å². The van der Waals surface area contributed by atoms with Gasteiger partial charge in [-0.15, -0.1) is 5.10 Å². The van der Waals surface area contributed by atoms with Crippen LogP contribution >= 0.6 is 0 Å². The van der Waals surface area contributed by atoms with Gasteiger partial charge in [-0.1, -0.05) is 78.0 Å². The average Bonchev–Trinajstić information content (AvgIpc) is 3.35. The van der Waals surface area contributed by atoms with Crippen LogP contribution in [0.3, 0.4) is 0 Å². The van der Waals surface area contributed by atoms with Crippen molar-refractivity contribution in [2.45, 2.75) is 13.0 Å². The number of rotatable bonds is 8. The quantitative estimate of drug-likeness (QED) is 0.317. The third-order valence-corrected chi connectivity index (χ3v) is 5.48. The van der Waals surface area contributed by atoms with Crippen LogP contribution in [-0.2, 0) is 13.0 Å². The molecule has 5 heteroatoms. The fourth-order valence-corrected chi connectivity index (χ4v) is 3.75. The molecule has 0 saturated carbocycles. The van der Waals surface area contributed by atoms with Gasteiger partial charge in [0, 0.05) is 29.9 Å². The molecule has 3 aromatic carbocycles. The number of benzene rings is 3. The highest BCUT2D eigenvalue weighted by molar-refractivity contribution is 5.70. The van der Waals surface area contributed by atoms with Crippen LogP contribution in [0.5, 0.6) is 5.75 Å². The van der Waals surface area contributed by atoms with Gasteiger partial charge in [0.15, 0.2) is 0 Å². The molecule has 5 aromatic rings. The summed E-state index contributed by atoms with van der Waals surface area (Å²) < 4.78 is 7.99. The van der Waals surface area contributed by atoms with E-state index in [-0.39, 0.29) is 0 Å². The molecule has 0 fully saturated rings. The highest BCUT2D eigenvalue weighted by Crippen LogP contribution is 2.29. The van der Waals surface area contributed by atoms with Gasteiger partial charge in [0.25, 0.3) is 0 Å². The summed E-state index contributed by atoms with van der Waals surface area (Å²) in [4.78, 5) is 4.14. The zero-order chi connectivity index (χ0) is 22.3. The van der Waals surface area contributed by atoms with E-state index >= 15 is 0 Å². The first kappa shape index (κ1) is 20.6. The molecule has 0 aliphatic carbocycles. The van der Waals surface area contributed by atoms with Gasteiger partial charge < -0.3 is 4.74 Å². The largest absolute Gasteiger partial charge is 0.493 e. The number of hydrogen-bond donors (Lipinski definition) is 0. The van der Waals surface area contributed by atoms with E-state index in [0.29, 0.717) is 13.2 Å². The number of aromatic nitrogens is 4. The summed E-state index contributed by atoms with van der Waals surface area (Å²) >= 11 is 0. The van der Waals surface area contributed by atoms with Crippen LogP contribution in [-0.4, -0.2) is 26.6 Å². The van der Waals surface area contributed by atoms with Crippen LogP contribution in [0, 0.1) is 0 Å². The molecule has 0 aliphatic rings. The fourth-order valence-electron chi connectivity index (χ4n) is 3.75. The second-order valence-corrected chi connectivity index (χ2v) is 7.82. The van der Waals surface area contributed by atoms with Crippen molar-refractivity contribution in [1.82, 2.24) is 20.0 Å². The number of nitrogens with zero attached hydrogens (tertiary/aromatic N) is 4. The molecule has 2 aromatic heterocycles. The first-order valence-electron chi connectivity index (χ1n) is 11.0. The fraction of sp³-hybridized carbons (Fsp3) is 0.107. The van der Waals surface area contributed by atoms with Crippen molar-refractivity contribution < 1.29 is 4.74 Å². The van der Waals surface area contributed by atoms with E-state index in [2.05, 4.69) is 57.8 Å². The Kier molecular flexibility index (Phi) is 6.20. The van der Waals surface area contributed by atoms with Crippen molar-refractivity contribution in [3.63, 3.8) is 0 Å². The first-order chi connectivity index (χ1) is 16.3. The molecule has 0 atom stereocenters. The summed E-state index contributed by atoms with van der Waals surface area (Å²) in [5.74, 6) is 0.913. The van der Waals surface area contributed by atoms with Gasteiger partial charge in [-0.2, -0.15) is 0 Å². The minimum Gasteiger partial charge on any atom is -0.493 e. The van der Waals surface area contributed by atoms with Crippen LogP contribution in [0.1, 0.15) is 11.1 Å². The summed E-state index contributed by atoms with van der Waals surface area (Å²) in [7, 11) is 0. The number of hydrogen-bond acceptors (Lipinski definition) is 4. The zero-order valence-electron chi connectivity index (χ0n) is 18.2. The lowest BCUT2D eigenvalue weighted by Crippen LogP contribution is -2.03. The molecule has 5 nitrogen and oxygen atoms in total. The van der Waals surface area contributed by atoms with Crippen molar-refractivity contribution in [2.75, 3.05) is 6.61 Å². The van der Waals surface area contributed by atoms with Crippen LogP contribution in [0.15, 0.2) is 110 Å². The summed E-state index contributed by atoms with van der Waals surface area (Å²) in [5, 5.41) is 8.50. The smallest absolute Gasteiger partial charge is 0.127 e. The van der Waals surface area contributed by atoms with Crippen LogP contribution in [0.25, 0.3) is 22.4 Å². The number of para-hydroxylation sites is 1. The third kappa shape index (κ3) is 5.15. The number of ether oxygens (including phenoxy) is 1. The predicted molar refractivity (Wildman–Crippen MR) is 130 cm³/mol. The highest BCUT2D eigenvalue weighted by Gasteiger charge is 2.07. The van der Waals surface area contributed by atoms with Crippen molar-refractivity contribution in [3.8, 4) is 28.1 Å². The lowest BCUT2D eigenvalue weighted by Gasteiger charge is -2.12. The van der Waals surface area contributed by atoms with E-state index in [1.807, 2.05) is 59.4 Å². The molecule has 33 heavy (non-hydrogen) atoms. The highest BCUT2D eigenvalue weighted by atomic mass is 16.5. The van der Waals surface area contributed by atoms with Crippen molar-refractivity contribution in [3.05, 3.63) is 121 Å². The van der Waals surface area contributed by atoms with Gasteiger partial charge in [0.05, 0.1) is 19.3 Å². The Morgan fingerprint density at radius 2 is 1.48 bits per heavy atom. The molecule has 0 saturated heterocycles. The number of pyridine rings is 1. The Hall–Kier alpha value is -4.25. The molecule has 5 rings (SSSR count). The van der Waals surface area contributed by atoms with E-state index < -0.39 is 0 Å². The molecule has 0 amide bonds.